The van der Waals surface area contributed by atoms with E-state index in [-0.39, 0.29) is 36.9 Å². The molecule has 0 aliphatic rings. The number of aryl methyl sites for hydroxylation is 1. The van der Waals surface area contributed by atoms with E-state index in [0.717, 1.165) is 11.3 Å². The fourth-order valence-electron chi connectivity index (χ4n) is 2.96. The van der Waals surface area contributed by atoms with Gasteiger partial charge in [0.1, 0.15) is 19.0 Å². The number of esters is 1. The van der Waals surface area contributed by atoms with E-state index in [1.807, 2.05) is 24.3 Å². The number of hydrogen-bond acceptors (Lipinski definition) is 5. The highest BCUT2D eigenvalue weighted by Crippen LogP contribution is 2.18. The molecule has 32 heavy (non-hydrogen) atoms. The Labute approximate surface area is 185 Å². The van der Waals surface area contributed by atoms with Crippen molar-refractivity contribution in [3.63, 3.8) is 0 Å². The first-order chi connectivity index (χ1) is 15.6. The van der Waals surface area contributed by atoms with Crippen LogP contribution >= 0.6 is 0 Å². The monoisotopic (exact) mass is 437 g/mol. The van der Waals surface area contributed by atoms with E-state index in [4.69, 9.17) is 14.2 Å². The maximum Gasteiger partial charge on any atom is 0.340 e. The molecule has 3 rings (SSSR count). The van der Waals surface area contributed by atoms with Crippen LogP contribution in [0.2, 0.25) is 0 Å². The Morgan fingerprint density at radius 1 is 0.906 bits per heavy atom. The normalized spacial score (nSPS) is 10.3. The Morgan fingerprint density at radius 2 is 1.62 bits per heavy atom. The van der Waals surface area contributed by atoms with E-state index in [2.05, 4.69) is 5.32 Å². The van der Waals surface area contributed by atoms with Gasteiger partial charge in [0.25, 0.3) is 0 Å². The molecule has 0 radical (unpaired) electrons. The Bertz CT molecular complexity index is 1050. The zero-order valence-corrected chi connectivity index (χ0v) is 17.7. The summed E-state index contributed by atoms with van der Waals surface area (Å²) in [5, 5.41) is 2.76. The van der Waals surface area contributed by atoms with Crippen LogP contribution in [0, 0.1) is 5.82 Å². The lowest BCUT2D eigenvalue weighted by Gasteiger charge is -2.12. The maximum atomic E-state index is 13.5. The highest BCUT2D eigenvalue weighted by atomic mass is 19.1. The molecule has 0 spiro atoms. The molecule has 0 aromatic heterocycles. The van der Waals surface area contributed by atoms with Gasteiger partial charge in [0.05, 0.1) is 18.4 Å². The molecule has 0 atom stereocenters. The molecule has 7 heteroatoms. The number of halogens is 1. The van der Waals surface area contributed by atoms with Gasteiger partial charge in [-0.25, -0.2) is 9.18 Å². The predicted octanol–water partition coefficient (Wildman–Crippen LogP) is 4.64. The zero-order chi connectivity index (χ0) is 22.8. The zero-order valence-electron chi connectivity index (χ0n) is 17.7. The molecule has 6 nitrogen and oxygen atoms in total. The standard InChI is InChI=1S/C25H24FNO5/c1-30-19-13-10-18(11-14-19)12-15-24(28)27-22-8-4-2-6-20(22)25(29)32-17-16-31-23-9-5-3-7-21(23)26/h2-11,13-14H,12,15-17H2,1H3,(H,27,28). The summed E-state index contributed by atoms with van der Waals surface area (Å²) in [5.41, 5.74) is 1.60. The summed E-state index contributed by atoms with van der Waals surface area (Å²) >= 11 is 0. The number of ether oxygens (including phenoxy) is 3. The summed E-state index contributed by atoms with van der Waals surface area (Å²) < 4.78 is 29.2. The Kier molecular flexibility index (Phi) is 8.20. The number of hydrogen-bond donors (Lipinski definition) is 1. The number of methoxy groups -OCH3 is 1. The lowest BCUT2D eigenvalue weighted by Crippen LogP contribution is -2.17. The van der Waals surface area contributed by atoms with E-state index in [1.54, 1.807) is 43.5 Å². The van der Waals surface area contributed by atoms with Crippen LogP contribution in [-0.4, -0.2) is 32.2 Å². The molecule has 0 fully saturated rings. The van der Waals surface area contributed by atoms with Crippen molar-refractivity contribution in [3.8, 4) is 11.5 Å². The van der Waals surface area contributed by atoms with Gasteiger partial charge >= 0.3 is 5.97 Å². The summed E-state index contributed by atoms with van der Waals surface area (Å²) in [6.07, 6.45) is 0.808. The molecule has 3 aromatic carbocycles. The molecule has 166 valence electrons. The van der Waals surface area contributed by atoms with Crippen LogP contribution in [0.5, 0.6) is 11.5 Å². The van der Waals surface area contributed by atoms with E-state index in [1.165, 1.54) is 12.1 Å². The molecular formula is C25H24FNO5. The summed E-state index contributed by atoms with van der Waals surface area (Å²) in [6.45, 7) is -0.0595. The van der Waals surface area contributed by atoms with Gasteiger partial charge < -0.3 is 19.5 Å². The number of rotatable bonds is 10. The van der Waals surface area contributed by atoms with Crippen LogP contribution in [0.25, 0.3) is 0 Å². The van der Waals surface area contributed by atoms with Crippen LogP contribution in [0.1, 0.15) is 22.3 Å². The Balaban J connectivity index is 1.49. The highest BCUT2D eigenvalue weighted by Gasteiger charge is 2.15. The average molecular weight is 437 g/mol. The van der Waals surface area contributed by atoms with Crippen molar-refractivity contribution in [2.24, 2.45) is 0 Å². The molecule has 0 aliphatic heterocycles. The smallest absolute Gasteiger partial charge is 0.340 e. The first-order valence-electron chi connectivity index (χ1n) is 10.1. The second kappa shape index (κ2) is 11.5. The molecule has 0 heterocycles. The molecular weight excluding hydrogens is 413 g/mol. The van der Waals surface area contributed by atoms with Crippen molar-refractivity contribution >= 4 is 17.6 Å². The Morgan fingerprint density at radius 3 is 2.38 bits per heavy atom. The second-order valence-electron chi connectivity index (χ2n) is 6.86. The number of para-hydroxylation sites is 2. The number of benzene rings is 3. The van der Waals surface area contributed by atoms with Gasteiger partial charge in [-0.3, -0.25) is 4.79 Å². The van der Waals surface area contributed by atoms with Crippen molar-refractivity contribution in [1.29, 1.82) is 0 Å². The Hall–Kier alpha value is -3.87. The molecule has 3 aromatic rings. The largest absolute Gasteiger partial charge is 0.497 e. The third-order valence-electron chi connectivity index (χ3n) is 4.63. The minimum atomic E-state index is -0.604. The van der Waals surface area contributed by atoms with Crippen molar-refractivity contribution < 1.29 is 28.2 Å². The number of carbonyl (C=O) groups excluding carboxylic acids is 2. The van der Waals surface area contributed by atoms with E-state index >= 15 is 0 Å². The lowest BCUT2D eigenvalue weighted by atomic mass is 10.1. The van der Waals surface area contributed by atoms with Crippen LogP contribution < -0.4 is 14.8 Å². The van der Waals surface area contributed by atoms with Crippen molar-refractivity contribution in [2.75, 3.05) is 25.6 Å². The molecule has 0 bridgehead atoms. The number of nitrogens with one attached hydrogen (secondary N) is 1. The maximum absolute atomic E-state index is 13.5. The highest BCUT2D eigenvalue weighted by molar-refractivity contribution is 6.01. The quantitative estimate of drug-likeness (QED) is 0.369. The first kappa shape index (κ1) is 22.8. The van der Waals surface area contributed by atoms with Crippen LogP contribution in [0.15, 0.2) is 72.8 Å². The summed E-state index contributed by atoms with van der Waals surface area (Å²) in [4.78, 5) is 24.8. The van der Waals surface area contributed by atoms with Crippen molar-refractivity contribution in [2.45, 2.75) is 12.8 Å². The molecule has 0 saturated carbocycles. The minimum absolute atomic E-state index is 0.00304. The lowest BCUT2D eigenvalue weighted by molar-refractivity contribution is -0.116. The minimum Gasteiger partial charge on any atom is -0.497 e. The number of amides is 1. The predicted molar refractivity (Wildman–Crippen MR) is 119 cm³/mol. The topological polar surface area (TPSA) is 73.9 Å². The van der Waals surface area contributed by atoms with Crippen molar-refractivity contribution in [1.82, 2.24) is 0 Å². The fraction of sp³-hybridized carbons (Fsp3) is 0.200. The van der Waals surface area contributed by atoms with Crippen LogP contribution in [0.4, 0.5) is 10.1 Å². The molecule has 0 aliphatic carbocycles. The molecule has 1 amide bonds. The summed E-state index contributed by atoms with van der Waals surface area (Å²) in [6, 6.07) is 20.1. The van der Waals surface area contributed by atoms with E-state index < -0.39 is 11.8 Å². The van der Waals surface area contributed by atoms with Gasteiger partial charge in [-0.2, -0.15) is 0 Å². The van der Waals surface area contributed by atoms with Gasteiger partial charge in [0.2, 0.25) is 5.91 Å². The first-order valence-corrected chi connectivity index (χ1v) is 10.1. The van der Waals surface area contributed by atoms with Gasteiger partial charge in [-0.05, 0) is 48.4 Å². The number of carbonyl (C=O) groups is 2. The average Bonchev–Trinajstić information content (AvgIpc) is 2.82. The molecule has 0 unspecified atom stereocenters. The molecule has 1 N–H and O–H groups in total. The van der Waals surface area contributed by atoms with Gasteiger partial charge in [-0.15, -0.1) is 0 Å². The van der Waals surface area contributed by atoms with Crippen LogP contribution in [-0.2, 0) is 16.0 Å². The van der Waals surface area contributed by atoms with Crippen LogP contribution in [0.3, 0.4) is 0 Å². The van der Waals surface area contributed by atoms with E-state index in [0.29, 0.717) is 12.1 Å². The van der Waals surface area contributed by atoms with E-state index in [9.17, 15) is 14.0 Å². The molecule has 0 saturated heterocycles. The summed E-state index contributed by atoms with van der Waals surface area (Å²) in [5.74, 6) is -0.461. The van der Waals surface area contributed by atoms with Gasteiger partial charge in [0, 0.05) is 6.42 Å². The number of anilines is 1. The van der Waals surface area contributed by atoms with Gasteiger partial charge in [0.15, 0.2) is 11.6 Å². The fourth-order valence-corrected chi connectivity index (χ4v) is 2.96. The third-order valence-corrected chi connectivity index (χ3v) is 4.63. The summed E-state index contributed by atoms with van der Waals surface area (Å²) in [7, 11) is 1.60. The third kappa shape index (κ3) is 6.57. The SMILES string of the molecule is COc1ccc(CCC(=O)Nc2ccccc2C(=O)OCCOc2ccccc2F)cc1. The van der Waals surface area contributed by atoms with Gasteiger partial charge in [-0.1, -0.05) is 36.4 Å². The second-order valence-corrected chi connectivity index (χ2v) is 6.86. The van der Waals surface area contributed by atoms with Crippen molar-refractivity contribution in [3.05, 3.63) is 89.7 Å².